The number of anilines is 2. The highest BCUT2D eigenvalue weighted by Crippen LogP contribution is 2.35. The normalized spacial score (nSPS) is 14.0. The van der Waals surface area contributed by atoms with E-state index in [0.29, 0.717) is 43.1 Å². The van der Waals surface area contributed by atoms with Crippen LogP contribution in [0.25, 0.3) is 21.6 Å². The van der Waals surface area contributed by atoms with Gasteiger partial charge in [-0.3, -0.25) is 15.1 Å². The molecule has 1 aliphatic rings. The maximum Gasteiger partial charge on any atom is 0.259 e. The van der Waals surface area contributed by atoms with Crippen molar-refractivity contribution in [2.75, 3.05) is 30.4 Å². The summed E-state index contributed by atoms with van der Waals surface area (Å²) in [4.78, 5) is 34.0. The highest BCUT2D eigenvalue weighted by atomic mass is 35.5. The minimum Gasteiger partial charge on any atom is -0.496 e. The van der Waals surface area contributed by atoms with Gasteiger partial charge in [0.25, 0.3) is 5.91 Å². The summed E-state index contributed by atoms with van der Waals surface area (Å²) in [5.41, 5.74) is 2.92. The number of rotatable bonds is 5. The number of amides is 1. The fourth-order valence-electron chi connectivity index (χ4n) is 4.17. The van der Waals surface area contributed by atoms with E-state index in [4.69, 9.17) is 26.6 Å². The standard InChI is InChI=1S/C25H22ClN7O2S/c1-14-9-17(18-10-16(26)3-4-20(18)35-2)19(12-28-14)23(34)32-25-31-22-24(36-25)30-21(13-29-22)33-7-5-15(11-27)6-8-33/h3-4,9-10,12-13,15H,5-8H2,1-2H3,(H,29,31,32,34). The molecule has 1 saturated heterocycles. The molecular weight excluding hydrogens is 498 g/mol. The van der Waals surface area contributed by atoms with Crippen LogP contribution >= 0.6 is 22.9 Å². The Hall–Kier alpha value is -3.81. The topological polar surface area (TPSA) is 117 Å². The lowest BCUT2D eigenvalue weighted by Gasteiger charge is -2.29. The van der Waals surface area contributed by atoms with Crippen LogP contribution in [0.5, 0.6) is 5.75 Å². The second-order valence-electron chi connectivity index (χ2n) is 8.44. The van der Waals surface area contributed by atoms with Crippen LogP contribution in [0.4, 0.5) is 10.9 Å². The van der Waals surface area contributed by atoms with Crippen molar-refractivity contribution in [3.63, 3.8) is 0 Å². The molecule has 1 aromatic carbocycles. The number of ether oxygens (including phenoxy) is 1. The number of aryl methyl sites for hydroxylation is 1. The zero-order valence-electron chi connectivity index (χ0n) is 19.7. The van der Waals surface area contributed by atoms with Crippen LogP contribution in [0.2, 0.25) is 5.02 Å². The Bertz CT molecular complexity index is 1490. The van der Waals surface area contributed by atoms with Crippen molar-refractivity contribution in [3.8, 4) is 22.9 Å². The number of carbonyl (C=O) groups excluding carboxylic acids is 1. The molecule has 5 rings (SSSR count). The fourth-order valence-corrected chi connectivity index (χ4v) is 5.13. The summed E-state index contributed by atoms with van der Waals surface area (Å²) in [5.74, 6) is 1.07. The molecule has 11 heteroatoms. The third-order valence-electron chi connectivity index (χ3n) is 6.07. The summed E-state index contributed by atoms with van der Waals surface area (Å²) < 4.78 is 5.50. The number of pyridine rings is 1. The maximum absolute atomic E-state index is 13.3. The summed E-state index contributed by atoms with van der Waals surface area (Å²) in [5, 5.41) is 12.9. The smallest absolute Gasteiger partial charge is 0.259 e. The van der Waals surface area contributed by atoms with Crippen LogP contribution in [0, 0.1) is 24.2 Å². The zero-order chi connectivity index (χ0) is 25.2. The summed E-state index contributed by atoms with van der Waals surface area (Å²) in [6.45, 7) is 3.38. The van der Waals surface area contributed by atoms with Crippen LogP contribution in [0.15, 0.2) is 36.7 Å². The van der Waals surface area contributed by atoms with Crippen molar-refractivity contribution in [1.82, 2.24) is 19.9 Å². The number of piperidine rings is 1. The van der Waals surface area contributed by atoms with Gasteiger partial charge in [0, 0.05) is 47.0 Å². The summed E-state index contributed by atoms with van der Waals surface area (Å²) >= 11 is 7.50. The van der Waals surface area contributed by atoms with E-state index < -0.39 is 0 Å². The first kappa shape index (κ1) is 23.9. The fraction of sp³-hybridized carbons (Fsp3) is 0.280. The number of methoxy groups -OCH3 is 1. The van der Waals surface area contributed by atoms with Crippen molar-refractivity contribution in [2.24, 2.45) is 5.92 Å². The number of carbonyl (C=O) groups is 1. The van der Waals surface area contributed by atoms with Crippen molar-refractivity contribution < 1.29 is 9.53 Å². The molecule has 0 unspecified atom stereocenters. The van der Waals surface area contributed by atoms with Gasteiger partial charge in [-0.15, -0.1) is 0 Å². The van der Waals surface area contributed by atoms with E-state index in [0.717, 1.165) is 37.4 Å². The van der Waals surface area contributed by atoms with Gasteiger partial charge in [0.1, 0.15) is 11.6 Å². The van der Waals surface area contributed by atoms with E-state index in [-0.39, 0.29) is 11.8 Å². The average Bonchev–Trinajstić information content (AvgIpc) is 3.30. The van der Waals surface area contributed by atoms with Crippen LogP contribution < -0.4 is 15.0 Å². The van der Waals surface area contributed by atoms with Crippen molar-refractivity contribution in [3.05, 3.63) is 52.9 Å². The van der Waals surface area contributed by atoms with Gasteiger partial charge in [-0.05, 0) is 44.0 Å². The van der Waals surface area contributed by atoms with Crippen LogP contribution in [0.3, 0.4) is 0 Å². The molecule has 1 amide bonds. The van der Waals surface area contributed by atoms with Crippen LogP contribution in [-0.4, -0.2) is 46.0 Å². The molecule has 9 nitrogen and oxygen atoms in total. The molecule has 0 spiro atoms. The summed E-state index contributed by atoms with van der Waals surface area (Å²) in [6.07, 6.45) is 4.84. The van der Waals surface area contributed by atoms with E-state index in [2.05, 4.69) is 31.2 Å². The van der Waals surface area contributed by atoms with Gasteiger partial charge in [-0.2, -0.15) is 10.2 Å². The molecule has 0 radical (unpaired) electrons. The molecular formula is C25H22ClN7O2S. The Morgan fingerprint density at radius 2 is 2.00 bits per heavy atom. The first-order valence-electron chi connectivity index (χ1n) is 11.3. The van der Waals surface area contributed by atoms with Crippen molar-refractivity contribution in [2.45, 2.75) is 19.8 Å². The Morgan fingerprint density at radius 1 is 1.19 bits per heavy atom. The van der Waals surface area contributed by atoms with Crippen molar-refractivity contribution in [1.29, 1.82) is 5.26 Å². The predicted molar refractivity (Wildman–Crippen MR) is 140 cm³/mol. The molecule has 4 heterocycles. The number of hydrogen-bond donors (Lipinski definition) is 1. The monoisotopic (exact) mass is 519 g/mol. The number of thiazole rings is 1. The quantitative estimate of drug-likeness (QED) is 0.386. The first-order valence-corrected chi connectivity index (χ1v) is 12.5. The zero-order valence-corrected chi connectivity index (χ0v) is 21.2. The van der Waals surface area contributed by atoms with Crippen LogP contribution in [0.1, 0.15) is 28.9 Å². The van der Waals surface area contributed by atoms with E-state index in [9.17, 15) is 4.79 Å². The Morgan fingerprint density at radius 3 is 2.75 bits per heavy atom. The first-order chi connectivity index (χ1) is 17.4. The summed E-state index contributed by atoms with van der Waals surface area (Å²) in [7, 11) is 1.57. The Kier molecular flexibility index (Phi) is 6.67. The number of aromatic nitrogens is 4. The second-order valence-corrected chi connectivity index (χ2v) is 9.85. The number of nitriles is 1. The average molecular weight is 520 g/mol. The lowest BCUT2D eigenvalue weighted by molar-refractivity contribution is 0.102. The predicted octanol–water partition coefficient (Wildman–Crippen LogP) is 5.11. The van der Waals surface area contributed by atoms with Gasteiger partial charge < -0.3 is 9.64 Å². The van der Waals surface area contributed by atoms with E-state index in [1.807, 2.05) is 13.0 Å². The molecule has 36 heavy (non-hydrogen) atoms. The minimum atomic E-state index is -0.364. The lowest BCUT2D eigenvalue weighted by Crippen LogP contribution is -2.33. The molecule has 3 aromatic heterocycles. The maximum atomic E-state index is 13.3. The van der Waals surface area contributed by atoms with Gasteiger partial charge in [0.2, 0.25) is 0 Å². The largest absolute Gasteiger partial charge is 0.496 e. The SMILES string of the molecule is COc1ccc(Cl)cc1-c1cc(C)ncc1C(=O)Nc1nc2ncc(N3CCC(C#N)CC3)nc2s1. The van der Waals surface area contributed by atoms with Crippen molar-refractivity contribution >= 4 is 50.3 Å². The van der Waals surface area contributed by atoms with Gasteiger partial charge in [0.05, 0.1) is 24.9 Å². The molecule has 4 aromatic rings. The van der Waals surface area contributed by atoms with Gasteiger partial charge in [-0.25, -0.2) is 9.97 Å². The molecule has 0 aliphatic carbocycles. The molecule has 1 aliphatic heterocycles. The van der Waals surface area contributed by atoms with E-state index in [1.165, 1.54) is 17.5 Å². The number of halogens is 1. The molecule has 0 bridgehead atoms. The molecule has 0 saturated carbocycles. The third kappa shape index (κ3) is 4.80. The number of nitrogens with zero attached hydrogens (tertiary/aromatic N) is 6. The van der Waals surface area contributed by atoms with Crippen LogP contribution in [-0.2, 0) is 0 Å². The number of benzene rings is 1. The number of fused-ring (bicyclic) bond motifs is 1. The third-order valence-corrected chi connectivity index (χ3v) is 7.16. The molecule has 182 valence electrons. The van der Waals surface area contributed by atoms with Gasteiger partial charge in [-0.1, -0.05) is 22.9 Å². The lowest BCUT2D eigenvalue weighted by atomic mass is 9.99. The van der Waals surface area contributed by atoms with E-state index in [1.54, 1.807) is 31.5 Å². The van der Waals surface area contributed by atoms with Gasteiger partial charge >= 0.3 is 0 Å². The Labute approximate surface area is 216 Å². The van der Waals surface area contributed by atoms with E-state index >= 15 is 0 Å². The minimum absolute atomic E-state index is 0.0937. The highest BCUT2D eigenvalue weighted by molar-refractivity contribution is 7.21. The van der Waals surface area contributed by atoms with Gasteiger partial charge in [0.15, 0.2) is 15.6 Å². The molecule has 0 atom stereocenters. The second kappa shape index (κ2) is 10.0. The summed E-state index contributed by atoms with van der Waals surface area (Å²) in [6, 6.07) is 9.43. The highest BCUT2D eigenvalue weighted by Gasteiger charge is 2.22. The molecule has 1 N–H and O–H groups in total. The Balaban J connectivity index is 1.41. The number of nitrogens with one attached hydrogen (secondary N) is 1. The molecule has 1 fully saturated rings. The number of hydrogen-bond acceptors (Lipinski definition) is 9.